The highest BCUT2D eigenvalue weighted by Gasteiger charge is 2.02. The van der Waals surface area contributed by atoms with Gasteiger partial charge in [0.15, 0.2) is 0 Å². The van der Waals surface area contributed by atoms with Crippen LogP contribution in [0, 0.1) is 0 Å². The molecule has 0 atom stereocenters. The van der Waals surface area contributed by atoms with E-state index in [2.05, 4.69) is 10.6 Å². The fraction of sp³-hybridized carbons (Fsp3) is 0.188. The Morgan fingerprint density at radius 2 is 1.67 bits per heavy atom. The lowest BCUT2D eigenvalue weighted by molar-refractivity contribution is -0.121. The van der Waals surface area contributed by atoms with Gasteiger partial charge in [0.1, 0.15) is 0 Å². The Hall–Kier alpha value is -1.71. The van der Waals surface area contributed by atoms with Crippen molar-refractivity contribution in [3.05, 3.63) is 64.1 Å². The minimum absolute atomic E-state index is 0.000483. The molecule has 1 amide bonds. The van der Waals surface area contributed by atoms with Crippen molar-refractivity contribution in [2.45, 2.75) is 13.0 Å². The summed E-state index contributed by atoms with van der Waals surface area (Å²) in [6, 6.07) is 15.0. The summed E-state index contributed by atoms with van der Waals surface area (Å²) in [5.41, 5.74) is 1.89. The molecule has 0 saturated heterocycles. The summed E-state index contributed by atoms with van der Waals surface area (Å²) in [4.78, 5) is 11.7. The molecule has 0 aromatic heterocycles. The van der Waals surface area contributed by atoms with Gasteiger partial charge in [-0.2, -0.15) is 0 Å². The molecular formula is C16H16Cl2N2O. The van der Waals surface area contributed by atoms with E-state index in [4.69, 9.17) is 23.2 Å². The normalized spacial score (nSPS) is 10.2. The summed E-state index contributed by atoms with van der Waals surface area (Å²) in [5.74, 6) is -0.000483. The van der Waals surface area contributed by atoms with E-state index in [-0.39, 0.29) is 5.91 Å². The standard InChI is InChI=1S/C16H16Cl2N2O/c17-13-8-14(18)10-15(9-13)19-7-6-16(21)20-11-12-4-2-1-3-5-12/h1-5,8-10,19H,6-7,11H2,(H,20,21). The van der Waals surface area contributed by atoms with Gasteiger partial charge < -0.3 is 10.6 Å². The van der Waals surface area contributed by atoms with Gasteiger partial charge in [0.05, 0.1) is 0 Å². The zero-order valence-electron chi connectivity index (χ0n) is 11.4. The molecule has 0 bridgehead atoms. The number of nitrogens with one attached hydrogen (secondary N) is 2. The van der Waals surface area contributed by atoms with Crippen molar-refractivity contribution < 1.29 is 4.79 Å². The van der Waals surface area contributed by atoms with E-state index < -0.39 is 0 Å². The Bertz CT molecular complexity index is 582. The van der Waals surface area contributed by atoms with E-state index in [9.17, 15) is 4.79 Å². The molecule has 0 aliphatic rings. The second kappa shape index (κ2) is 7.91. The Morgan fingerprint density at radius 3 is 2.33 bits per heavy atom. The predicted octanol–water partition coefficient (Wildman–Crippen LogP) is 4.11. The fourth-order valence-electron chi connectivity index (χ4n) is 1.86. The number of rotatable bonds is 6. The van der Waals surface area contributed by atoms with Crippen LogP contribution in [0.3, 0.4) is 0 Å². The zero-order chi connectivity index (χ0) is 15.1. The molecule has 110 valence electrons. The summed E-state index contributed by atoms with van der Waals surface area (Å²) < 4.78 is 0. The molecule has 0 aliphatic heterocycles. The van der Waals surface area contributed by atoms with Gasteiger partial charge >= 0.3 is 0 Å². The molecule has 0 unspecified atom stereocenters. The van der Waals surface area contributed by atoms with Gasteiger partial charge in [-0.25, -0.2) is 0 Å². The first kappa shape index (κ1) is 15.7. The van der Waals surface area contributed by atoms with Crippen molar-refractivity contribution in [3.8, 4) is 0 Å². The van der Waals surface area contributed by atoms with E-state index in [0.717, 1.165) is 11.3 Å². The maximum absolute atomic E-state index is 11.7. The number of anilines is 1. The topological polar surface area (TPSA) is 41.1 Å². The lowest BCUT2D eigenvalue weighted by atomic mass is 10.2. The smallest absolute Gasteiger partial charge is 0.222 e. The summed E-state index contributed by atoms with van der Waals surface area (Å²) >= 11 is 11.8. The maximum Gasteiger partial charge on any atom is 0.222 e. The van der Waals surface area contributed by atoms with Crippen LogP contribution in [0.25, 0.3) is 0 Å². The molecule has 21 heavy (non-hydrogen) atoms. The van der Waals surface area contributed by atoms with Crippen LogP contribution < -0.4 is 10.6 Å². The lowest BCUT2D eigenvalue weighted by Crippen LogP contribution is -2.24. The number of carbonyl (C=O) groups excluding carboxylic acids is 1. The summed E-state index contributed by atoms with van der Waals surface area (Å²) in [6.07, 6.45) is 0.386. The summed E-state index contributed by atoms with van der Waals surface area (Å²) in [7, 11) is 0. The van der Waals surface area contributed by atoms with Gasteiger partial charge in [0.25, 0.3) is 0 Å². The summed E-state index contributed by atoms with van der Waals surface area (Å²) in [5, 5.41) is 7.14. The van der Waals surface area contributed by atoms with E-state index in [1.54, 1.807) is 18.2 Å². The Labute approximate surface area is 134 Å². The molecule has 3 nitrogen and oxygen atoms in total. The Morgan fingerprint density at radius 1 is 1.00 bits per heavy atom. The van der Waals surface area contributed by atoms with Crippen LogP contribution in [-0.2, 0) is 11.3 Å². The molecule has 2 N–H and O–H groups in total. The quantitative estimate of drug-likeness (QED) is 0.840. The fourth-order valence-corrected chi connectivity index (χ4v) is 2.39. The van der Waals surface area contributed by atoms with Crippen molar-refractivity contribution in [1.82, 2.24) is 5.32 Å². The molecule has 0 fully saturated rings. The second-order valence-electron chi connectivity index (χ2n) is 4.60. The largest absolute Gasteiger partial charge is 0.384 e. The van der Waals surface area contributed by atoms with Gasteiger partial charge in [-0.05, 0) is 23.8 Å². The number of benzene rings is 2. The third kappa shape index (κ3) is 5.66. The second-order valence-corrected chi connectivity index (χ2v) is 5.47. The van der Waals surface area contributed by atoms with Crippen LogP contribution in [0.2, 0.25) is 10.0 Å². The third-order valence-corrected chi connectivity index (χ3v) is 3.31. The summed E-state index contributed by atoms with van der Waals surface area (Å²) in [6.45, 7) is 1.07. The maximum atomic E-state index is 11.7. The number of carbonyl (C=O) groups is 1. The van der Waals surface area contributed by atoms with E-state index in [0.29, 0.717) is 29.6 Å². The first-order valence-electron chi connectivity index (χ1n) is 6.64. The predicted molar refractivity (Wildman–Crippen MR) is 87.9 cm³/mol. The van der Waals surface area contributed by atoms with Crippen LogP contribution >= 0.6 is 23.2 Å². The number of halogens is 2. The highest BCUT2D eigenvalue weighted by molar-refractivity contribution is 6.35. The molecule has 2 rings (SSSR count). The minimum Gasteiger partial charge on any atom is -0.384 e. The van der Waals surface area contributed by atoms with Crippen LogP contribution in [0.1, 0.15) is 12.0 Å². The molecule has 2 aromatic rings. The van der Waals surface area contributed by atoms with Crippen molar-refractivity contribution in [1.29, 1.82) is 0 Å². The minimum atomic E-state index is -0.000483. The SMILES string of the molecule is O=C(CCNc1cc(Cl)cc(Cl)c1)NCc1ccccc1. The lowest BCUT2D eigenvalue weighted by Gasteiger charge is -2.08. The van der Waals surface area contributed by atoms with Crippen LogP contribution in [0.15, 0.2) is 48.5 Å². The average molecular weight is 323 g/mol. The average Bonchev–Trinajstić information content (AvgIpc) is 2.45. The van der Waals surface area contributed by atoms with Gasteiger partial charge in [-0.3, -0.25) is 4.79 Å². The Balaban J connectivity index is 1.72. The molecule has 0 spiro atoms. The highest BCUT2D eigenvalue weighted by Crippen LogP contribution is 2.22. The van der Waals surface area contributed by atoms with E-state index in [1.165, 1.54) is 0 Å². The first-order valence-corrected chi connectivity index (χ1v) is 7.39. The van der Waals surface area contributed by atoms with Crippen LogP contribution in [0.4, 0.5) is 5.69 Å². The van der Waals surface area contributed by atoms with E-state index >= 15 is 0 Å². The Kier molecular flexibility index (Phi) is 5.90. The van der Waals surface area contributed by atoms with Crippen molar-refractivity contribution in [2.24, 2.45) is 0 Å². The monoisotopic (exact) mass is 322 g/mol. The number of hydrogen-bond acceptors (Lipinski definition) is 2. The molecule has 0 aliphatic carbocycles. The van der Waals surface area contributed by atoms with Crippen LogP contribution in [0.5, 0.6) is 0 Å². The van der Waals surface area contributed by atoms with Crippen molar-refractivity contribution in [3.63, 3.8) is 0 Å². The van der Waals surface area contributed by atoms with E-state index in [1.807, 2.05) is 30.3 Å². The van der Waals surface area contributed by atoms with Gasteiger partial charge in [-0.1, -0.05) is 53.5 Å². The van der Waals surface area contributed by atoms with Gasteiger partial charge in [0, 0.05) is 35.2 Å². The van der Waals surface area contributed by atoms with Crippen molar-refractivity contribution >= 4 is 34.8 Å². The van der Waals surface area contributed by atoms with Gasteiger partial charge in [0.2, 0.25) is 5.91 Å². The molecule has 5 heteroatoms. The first-order chi connectivity index (χ1) is 10.1. The molecule has 2 aromatic carbocycles. The number of amides is 1. The molecule has 0 heterocycles. The van der Waals surface area contributed by atoms with Crippen molar-refractivity contribution in [2.75, 3.05) is 11.9 Å². The number of hydrogen-bond donors (Lipinski definition) is 2. The third-order valence-electron chi connectivity index (χ3n) is 2.88. The molecule has 0 saturated carbocycles. The van der Waals surface area contributed by atoms with Crippen LogP contribution in [-0.4, -0.2) is 12.5 Å². The zero-order valence-corrected chi connectivity index (χ0v) is 12.9. The highest BCUT2D eigenvalue weighted by atomic mass is 35.5. The molecule has 0 radical (unpaired) electrons. The molecular weight excluding hydrogens is 307 g/mol. The van der Waals surface area contributed by atoms with Gasteiger partial charge in [-0.15, -0.1) is 0 Å².